The van der Waals surface area contributed by atoms with Crippen LogP contribution in [0.2, 0.25) is 0 Å². The van der Waals surface area contributed by atoms with E-state index in [4.69, 9.17) is 10.5 Å². The Hall–Kier alpha value is -1.09. The van der Waals surface area contributed by atoms with E-state index in [2.05, 4.69) is 13.8 Å². The second-order valence-corrected chi connectivity index (χ2v) is 4.65. The highest BCUT2D eigenvalue weighted by Crippen LogP contribution is 2.27. The van der Waals surface area contributed by atoms with E-state index in [1.54, 1.807) is 6.07 Å². The van der Waals surface area contributed by atoms with Crippen molar-refractivity contribution >= 4 is 0 Å². The number of benzene rings is 1. The molecular weight excluding hydrogens is 217 g/mol. The average molecular weight is 239 g/mol. The SMILES string of the molecule is CCCC(C)COc1c(F)cccc1[C@@H](C)N. The van der Waals surface area contributed by atoms with Crippen LogP contribution in [-0.2, 0) is 0 Å². The Morgan fingerprint density at radius 2 is 2.06 bits per heavy atom. The molecule has 1 aromatic rings. The molecule has 0 aliphatic carbocycles. The third-order valence-corrected chi connectivity index (χ3v) is 2.78. The Morgan fingerprint density at radius 1 is 1.35 bits per heavy atom. The molecule has 17 heavy (non-hydrogen) atoms. The van der Waals surface area contributed by atoms with E-state index < -0.39 is 0 Å². The van der Waals surface area contributed by atoms with E-state index in [9.17, 15) is 4.39 Å². The van der Waals surface area contributed by atoms with Crippen molar-refractivity contribution in [1.29, 1.82) is 0 Å². The topological polar surface area (TPSA) is 35.2 Å². The number of para-hydroxylation sites is 1. The van der Waals surface area contributed by atoms with Crippen LogP contribution in [0.25, 0.3) is 0 Å². The van der Waals surface area contributed by atoms with Gasteiger partial charge in [0.2, 0.25) is 0 Å². The minimum Gasteiger partial charge on any atom is -0.490 e. The predicted molar refractivity (Wildman–Crippen MR) is 68.6 cm³/mol. The molecule has 1 unspecified atom stereocenters. The molecule has 0 heterocycles. The van der Waals surface area contributed by atoms with Gasteiger partial charge >= 0.3 is 0 Å². The average Bonchev–Trinajstić information content (AvgIpc) is 2.27. The third kappa shape index (κ3) is 4.00. The van der Waals surface area contributed by atoms with Crippen molar-refractivity contribution in [2.45, 2.75) is 39.7 Å². The van der Waals surface area contributed by atoms with Crippen LogP contribution in [0.5, 0.6) is 5.75 Å². The summed E-state index contributed by atoms with van der Waals surface area (Å²) in [5, 5.41) is 0. The zero-order valence-corrected chi connectivity index (χ0v) is 10.9. The van der Waals surface area contributed by atoms with Crippen molar-refractivity contribution < 1.29 is 9.13 Å². The molecule has 0 aromatic heterocycles. The fourth-order valence-electron chi connectivity index (χ4n) is 1.84. The van der Waals surface area contributed by atoms with Crippen molar-refractivity contribution in [1.82, 2.24) is 0 Å². The van der Waals surface area contributed by atoms with Gasteiger partial charge in [-0.15, -0.1) is 0 Å². The Morgan fingerprint density at radius 3 is 2.65 bits per heavy atom. The zero-order chi connectivity index (χ0) is 12.8. The van der Waals surface area contributed by atoms with Gasteiger partial charge < -0.3 is 10.5 Å². The quantitative estimate of drug-likeness (QED) is 0.822. The highest BCUT2D eigenvalue weighted by Gasteiger charge is 2.13. The summed E-state index contributed by atoms with van der Waals surface area (Å²) >= 11 is 0. The number of rotatable bonds is 6. The molecular formula is C14H22FNO. The molecule has 0 saturated heterocycles. The van der Waals surface area contributed by atoms with Crippen molar-refractivity contribution in [2.24, 2.45) is 11.7 Å². The van der Waals surface area contributed by atoms with Crippen LogP contribution < -0.4 is 10.5 Å². The van der Waals surface area contributed by atoms with Crippen molar-refractivity contribution in [3.05, 3.63) is 29.6 Å². The van der Waals surface area contributed by atoms with Gasteiger partial charge in [0, 0.05) is 11.6 Å². The predicted octanol–water partition coefficient (Wildman–Crippen LogP) is 3.66. The molecule has 0 aliphatic heterocycles. The lowest BCUT2D eigenvalue weighted by atomic mass is 10.1. The van der Waals surface area contributed by atoms with Gasteiger partial charge in [0.1, 0.15) is 0 Å². The molecule has 0 fully saturated rings. The van der Waals surface area contributed by atoms with Gasteiger partial charge in [-0.05, 0) is 25.3 Å². The van der Waals surface area contributed by atoms with Crippen molar-refractivity contribution in [3.63, 3.8) is 0 Å². The normalized spacial score (nSPS) is 14.4. The summed E-state index contributed by atoms with van der Waals surface area (Å²) in [6.07, 6.45) is 2.20. The highest BCUT2D eigenvalue weighted by atomic mass is 19.1. The summed E-state index contributed by atoms with van der Waals surface area (Å²) in [5.41, 5.74) is 6.53. The lowest BCUT2D eigenvalue weighted by Gasteiger charge is -2.17. The van der Waals surface area contributed by atoms with E-state index in [0.717, 1.165) is 18.4 Å². The van der Waals surface area contributed by atoms with Gasteiger partial charge in [-0.2, -0.15) is 0 Å². The van der Waals surface area contributed by atoms with Gasteiger partial charge in [0.05, 0.1) is 6.61 Å². The molecule has 0 aliphatic rings. The van der Waals surface area contributed by atoms with Crippen LogP contribution in [0.4, 0.5) is 4.39 Å². The molecule has 2 atom stereocenters. The van der Waals surface area contributed by atoms with Gasteiger partial charge in [-0.1, -0.05) is 32.4 Å². The molecule has 2 nitrogen and oxygen atoms in total. The molecule has 0 saturated carbocycles. The highest BCUT2D eigenvalue weighted by molar-refractivity contribution is 5.36. The minimum absolute atomic E-state index is 0.220. The standard InChI is InChI=1S/C14H22FNO/c1-4-6-10(2)9-17-14-12(11(3)16)7-5-8-13(14)15/h5,7-8,10-11H,4,6,9,16H2,1-3H3/t10?,11-/m1/s1. The summed E-state index contributed by atoms with van der Waals surface area (Å²) in [6, 6.07) is 4.66. The molecule has 3 heteroatoms. The molecule has 1 rings (SSSR count). The smallest absolute Gasteiger partial charge is 0.165 e. The van der Waals surface area contributed by atoms with E-state index in [-0.39, 0.29) is 11.9 Å². The molecule has 1 aromatic carbocycles. The fraction of sp³-hybridized carbons (Fsp3) is 0.571. The monoisotopic (exact) mass is 239 g/mol. The number of hydrogen-bond donors (Lipinski definition) is 1. The first-order chi connectivity index (χ1) is 8.06. The van der Waals surface area contributed by atoms with Crippen LogP contribution in [0.15, 0.2) is 18.2 Å². The van der Waals surface area contributed by atoms with E-state index in [1.165, 1.54) is 6.07 Å². The lowest BCUT2D eigenvalue weighted by Crippen LogP contribution is -2.13. The first kappa shape index (κ1) is 14.0. The second-order valence-electron chi connectivity index (χ2n) is 4.65. The van der Waals surface area contributed by atoms with Crippen molar-refractivity contribution in [3.8, 4) is 5.75 Å². The van der Waals surface area contributed by atoms with Crippen LogP contribution in [0.3, 0.4) is 0 Å². The van der Waals surface area contributed by atoms with Gasteiger partial charge in [0.25, 0.3) is 0 Å². The maximum Gasteiger partial charge on any atom is 0.165 e. The Balaban J connectivity index is 2.75. The van der Waals surface area contributed by atoms with Crippen molar-refractivity contribution in [2.75, 3.05) is 6.61 Å². The molecule has 0 radical (unpaired) electrons. The largest absolute Gasteiger partial charge is 0.490 e. The van der Waals surface area contributed by atoms with E-state index >= 15 is 0 Å². The summed E-state index contributed by atoms with van der Waals surface area (Å²) in [5.74, 6) is 0.412. The lowest BCUT2D eigenvalue weighted by molar-refractivity contribution is 0.238. The maximum atomic E-state index is 13.7. The first-order valence-electron chi connectivity index (χ1n) is 6.23. The summed E-state index contributed by atoms with van der Waals surface area (Å²) in [6.45, 7) is 6.61. The fourth-order valence-corrected chi connectivity index (χ4v) is 1.84. The van der Waals surface area contributed by atoms with Crippen LogP contribution in [0, 0.1) is 11.7 Å². The van der Waals surface area contributed by atoms with Crippen LogP contribution in [-0.4, -0.2) is 6.61 Å². The minimum atomic E-state index is -0.330. The number of halogens is 1. The summed E-state index contributed by atoms with van der Waals surface area (Å²) in [4.78, 5) is 0. The third-order valence-electron chi connectivity index (χ3n) is 2.78. The van der Waals surface area contributed by atoms with Gasteiger partial charge in [-0.25, -0.2) is 4.39 Å². The number of hydrogen-bond acceptors (Lipinski definition) is 2. The molecule has 2 N–H and O–H groups in total. The Kier molecular flexibility index (Phi) is 5.42. The Bertz CT molecular complexity index is 352. The van der Waals surface area contributed by atoms with Gasteiger partial charge in [-0.3, -0.25) is 0 Å². The summed E-state index contributed by atoms with van der Waals surface area (Å²) < 4.78 is 19.3. The van der Waals surface area contributed by atoms with Crippen LogP contribution >= 0.6 is 0 Å². The molecule has 0 bridgehead atoms. The summed E-state index contributed by atoms with van der Waals surface area (Å²) in [7, 11) is 0. The molecule has 0 spiro atoms. The number of nitrogens with two attached hydrogens (primary N) is 1. The number of ether oxygens (including phenoxy) is 1. The van der Waals surface area contributed by atoms with E-state index in [1.807, 2.05) is 13.0 Å². The maximum absolute atomic E-state index is 13.7. The van der Waals surface area contributed by atoms with Gasteiger partial charge in [0.15, 0.2) is 11.6 Å². The Labute approximate surface area is 103 Å². The first-order valence-corrected chi connectivity index (χ1v) is 6.23. The molecule has 0 amide bonds. The zero-order valence-electron chi connectivity index (χ0n) is 10.9. The second kappa shape index (κ2) is 6.60. The molecule has 96 valence electrons. The van der Waals surface area contributed by atoms with E-state index in [0.29, 0.717) is 18.3 Å². The van der Waals surface area contributed by atoms with Crippen LogP contribution in [0.1, 0.15) is 45.2 Å².